The molecule has 3 aromatic rings. The van der Waals surface area contributed by atoms with Crippen molar-refractivity contribution in [2.75, 3.05) is 17.2 Å². The molecule has 0 aliphatic carbocycles. The molecule has 0 atom stereocenters. The molecule has 21 heavy (non-hydrogen) atoms. The van der Waals surface area contributed by atoms with E-state index in [0.29, 0.717) is 17.8 Å². The molecule has 2 heterocycles. The molecule has 0 saturated carbocycles. The van der Waals surface area contributed by atoms with Gasteiger partial charge in [0, 0.05) is 17.5 Å². The second-order valence-corrected chi connectivity index (χ2v) is 5.23. The van der Waals surface area contributed by atoms with Gasteiger partial charge in [0.05, 0.1) is 23.1 Å². The Labute approximate surface area is 121 Å². The summed E-state index contributed by atoms with van der Waals surface area (Å²) in [4.78, 5) is 14.5. The Hall–Kier alpha value is -2.82. The van der Waals surface area contributed by atoms with Crippen molar-refractivity contribution in [3.63, 3.8) is 0 Å². The second kappa shape index (κ2) is 4.34. The monoisotopic (exact) mass is 278 g/mol. The maximum atomic E-state index is 12.8. The normalized spacial score (nSPS) is 13.6. The van der Waals surface area contributed by atoms with Crippen LogP contribution in [0.3, 0.4) is 0 Å². The molecule has 1 amide bonds. The number of nitrogens with zero attached hydrogens (tertiary/aromatic N) is 2. The predicted octanol–water partition coefficient (Wildman–Crippen LogP) is 2.35. The minimum absolute atomic E-state index is 0.0249. The Kier molecular flexibility index (Phi) is 2.47. The summed E-state index contributed by atoms with van der Waals surface area (Å²) in [5.41, 5.74) is 10.2. The number of nitrogens with two attached hydrogens (primary N) is 1. The zero-order valence-corrected chi connectivity index (χ0v) is 11.3. The number of carbonyl (C=O) groups is 1. The minimum atomic E-state index is -0.0249. The van der Waals surface area contributed by atoms with Gasteiger partial charge < -0.3 is 10.6 Å². The molecule has 1 aliphatic heterocycles. The van der Waals surface area contributed by atoms with E-state index in [0.717, 1.165) is 28.6 Å². The lowest BCUT2D eigenvalue weighted by Gasteiger charge is -2.19. The van der Waals surface area contributed by atoms with Crippen molar-refractivity contribution in [1.29, 1.82) is 0 Å². The van der Waals surface area contributed by atoms with E-state index in [9.17, 15) is 4.79 Å². The molecular formula is C16H14N4O. The van der Waals surface area contributed by atoms with Crippen LogP contribution in [0.25, 0.3) is 10.9 Å². The van der Waals surface area contributed by atoms with Crippen LogP contribution in [0.5, 0.6) is 0 Å². The lowest BCUT2D eigenvalue weighted by molar-refractivity contribution is 0.0989. The van der Waals surface area contributed by atoms with E-state index in [2.05, 4.69) is 10.2 Å². The first-order valence-corrected chi connectivity index (χ1v) is 6.86. The van der Waals surface area contributed by atoms with Crippen LogP contribution in [0, 0.1) is 0 Å². The molecule has 3 N–H and O–H groups in total. The minimum Gasteiger partial charge on any atom is -0.397 e. The summed E-state index contributed by atoms with van der Waals surface area (Å²) in [6.45, 7) is 0.670. The highest BCUT2D eigenvalue weighted by Gasteiger charge is 2.27. The summed E-state index contributed by atoms with van der Waals surface area (Å²) in [5, 5.41) is 7.86. The van der Waals surface area contributed by atoms with Crippen LogP contribution in [-0.4, -0.2) is 22.6 Å². The van der Waals surface area contributed by atoms with Crippen LogP contribution >= 0.6 is 0 Å². The predicted molar refractivity (Wildman–Crippen MR) is 82.3 cm³/mol. The number of hydrogen-bond acceptors (Lipinski definition) is 3. The number of carbonyl (C=O) groups excluding carboxylic acids is 1. The standard InChI is InChI=1S/C16H14N4O/c17-13-3-1-2-10-6-7-20(15(10)13)16(21)11-4-5-12-9-18-19-14(12)8-11/h1-5,8-9H,6-7,17H2,(H,18,19). The van der Waals surface area contributed by atoms with E-state index in [1.807, 2.05) is 36.4 Å². The number of nitrogens with one attached hydrogen (secondary N) is 1. The molecule has 4 rings (SSSR count). The Bertz CT molecular complexity index is 852. The first-order valence-electron chi connectivity index (χ1n) is 6.86. The van der Waals surface area contributed by atoms with E-state index in [1.54, 1.807) is 11.1 Å². The van der Waals surface area contributed by atoms with Gasteiger partial charge in [0.2, 0.25) is 0 Å². The number of benzene rings is 2. The molecular weight excluding hydrogens is 264 g/mol. The van der Waals surface area contributed by atoms with Gasteiger partial charge in [-0.25, -0.2) is 0 Å². The van der Waals surface area contributed by atoms with Crippen LogP contribution in [0.15, 0.2) is 42.6 Å². The first kappa shape index (κ1) is 12.0. The number of rotatable bonds is 1. The van der Waals surface area contributed by atoms with Gasteiger partial charge in [0.15, 0.2) is 0 Å². The summed E-state index contributed by atoms with van der Waals surface area (Å²) < 4.78 is 0. The number of hydrogen-bond donors (Lipinski definition) is 2. The number of H-pyrrole nitrogens is 1. The van der Waals surface area contributed by atoms with Gasteiger partial charge in [-0.15, -0.1) is 0 Å². The van der Waals surface area contributed by atoms with Gasteiger partial charge in [-0.1, -0.05) is 18.2 Å². The summed E-state index contributed by atoms with van der Waals surface area (Å²) >= 11 is 0. The molecule has 1 aromatic heterocycles. The van der Waals surface area contributed by atoms with Crippen molar-refractivity contribution in [1.82, 2.24) is 10.2 Å². The zero-order valence-electron chi connectivity index (χ0n) is 11.3. The zero-order chi connectivity index (χ0) is 14.4. The van der Waals surface area contributed by atoms with Gasteiger partial charge in [-0.05, 0) is 30.2 Å². The quantitative estimate of drug-likeness (QED) is 0.671. The lowest BCUT2D eigenvalue weighted by atomic mass is 10.1. The first-order chi connectivity index (χ1) is 10.2. The molecule has 0 spiro atoms. The van der Waals surface area contributed by atoms with Gasteiger partial charge in [0.25, 0.3) is 5.91 Å². The Morgan fingerprint density at radius 2 is 2.19 bits per heavy atom. The smallest absolute Gasteiger partial charge is 0.258 e. The van der Waals surface area contributed by atoms with Gasteiger partial charge >= 0.3 is 0 Å². The average molecular weight is 278 g/mol. The lowest BCUT2D eigenvalue weighted by Crippen LogP contribution is -2.29. The highest BCUT2D eigenvalue weighted by Crippen LogP contribution is 2.34. The van der Waals surface area contributed by atoms with Crippen molar-refractivity contribution in [3.8, 4) is 0 Å². The maximum absolute atomic E-state index is 12.8. The molecule has 5 heteroatoms. The SMILES string of the molecule is Nc1cccc2c1N(C(=O)c1ccc3cn[nH]c3c1)CC2. The van der Waals surface area contributed by atoms with Crippen LogP contribution in [0.4, 0.5) is 11.4 Å². The van der Waals surface area contributed by atoms with Crippen LogP contribution < -0.4 is 10.6 Å². The van der Waals surface area contributed by atoms with Crippen molar-refractivity contribution >= 4 is 28.2 Å². The third kappa shape index (κ3) is 1.78. The number of amides is 1. The molecule has 0 saturated heterocycles. The Morgan fingerprint density at radius 1 is 1.29 bits per heavy atom. The summed E-state index contributed by atoms with van der Waals surface area (Å²) in [5.74, 6) is -0.0249. The second-order valence-electron chi connectivity index (χ2n) is 5.23. The van der Waals surface area contributed by atoms with Crippen molar-refractivity contribution in [2.45, 2.75) is 6.42 Å². The van der Waals surface area contributed by atoms with Crippen molar-refractivity contribution < 1.29 is 4.79 Å². The molecule has 104 valence electrons. The number of aromatic nitrogens is 2. The number of nitrogen functional groups attached to an aromatic ring is 1. The fourth-order valence-electron chi connectivity index (χ4n) is 2.92. The van der Waals surface area contributed by atoms with Gasteiger partial charge in [-0.2, -0.15) is 5.10 Å². The highest BCUT2D eigenvalue weighted by molar-refractivity contribution is 6.10. The molecule has 0 fully saturated rings. The fourth-order valence-corrected chi connectivity index (χ4v) is 2.92. The van der Waals surface area contributed by atoms with E-state index < -0.39 is 0 Å². The average Bonchev–Trinajstić information content (AvgIpc) is 3.13. The number of fused-ring (bicyclic) bond motifs is 2. The number of para-hydroxylation sites is 1. The third-order valence-electron chi connectivity index (χ3n) is 3.96. The molecule has 0 radical (unpaired) electrons. The summed E-state index contributed by atoms with van der Waals surface area (Å²) in [7, 11) is 0. The van der Waals surface area contributed by atoms with Crippen molar-refractivity contribution in [3.05, 3.63) is 53.7 Å². The van der Waals surface area contributed by atoms with Crippen LogP contribution in [0.2, 0.25) is 0 Å². The van der Waals surface area contributed by atoms with Crippen molar-refractivity contribution in [2.24, 2.45) is 0 Å². The van der Waals surface area contributed by atoms with Crippen LogP contribution in [0.1, 0.15) is 15.9 Å². The van der Waals surface area contributed by atoms with Gasteiger partial charge in [0.1, 0.15) is 0 Å². The molecule has 0 unspecified atom stereocenters. The maximum Gasteiger partial charge on any atom is 0.258 e. The number of anilines is 2. The largest absolute Gasteiger partial charge is 0.397 e. The fraction of sp³-hybridized carbons (Fsp3) is 0.125. The number of aromatic amines is 1. The van der Waals surface area contributed by atoms with E-state index in [4.69, 9.17) is 5.73 Å². The molecule has 2 aromatic carbocycles. The molecule has 0 bridgehead atoms. The topological polar surface area (TPSA) is 75.0 Å². The van der Waals surface area contributed by atoms with Crippen LogP contribution in [-0.2, 0) is 6.42 Å². The summed E-state index contributed by atoms with van der Waals surface area (Å²) in [6.07, 6.45) is 2.59. The highest BCUT2D eigenvalue weighted by atomic mass is 16.2. The van der Waals surface area contributed by atoms with E-state index in [-0.39, 0.29) is 5.91 Å². The Balaban J connectivity index is 1.76. The van der Waals surface area contributed by atoms with E-state index in [1.165, 1.54) is 0 Å². The molecule has 5 nitrogen and oxygen atoms in total. The summed E-state index contributed by atoms with van der Waals surface area (Å²) in [6, 6.07) is 11.4. The Morgan fingerprint density at radius 3 is 3.10 bits per heavy atom. The van der Waals surface area contributed by atoms with Gasteiger partial charge in [-0.3, -0.25) is 9.89 Å². The molecule has 1 aliphatic rings. The van der Waals surface area contributed by atoms with E-state index >= 15 is 0 Å². The third-order valence-corrected chi connectivity index (χ3v) is 3.96.